The van der Waals surface area contributed by atoms with Gasteiger partial charge in [0.15, 0.2) is 5.96 Å². The van der Waals surface area contributed by atoms with Crippen molar-refractivity contribution in [2.45, 2.75) is 20.4 Å². The summed E-state index contributed by atoms with van der Waals surface area (Å²) in [6, 6.07) is 14.9. The van der Waals surface area contributed by atoms with Gasteiger partial charge in [-0.3, -0.25) is 4.79 Å². The number of aliphatic imine (C=N–C) groups is 1. The summed E-state index contributed by atoms with van der Waals surface area (Å²) < 4.78 is 5.72. The number of hydrogen-bond acceptors (Lipinski definition) is 3. The summed E-state index contributed by atoms with van der Waals surface area (Å²) in [5, 5.41) is 9.89. The number of carbonyl (C=O) groups is 1. The molecule has 0 radical (unpaired) electrons. The molecule has 0 bridgehead atoms. The molecule has 0 saturated heterocycles. The monoisotopic (exact) mass is 388 g/mol. The summed E-state index contributed by atoms with van der Waals surface area (Å²) in [4.78, 5) is 15.7. The first-order valence-corrected chi connectivity index (χ1v) is 9.21. The van der Waals surface area contributed by atoms with Gasteiger partial charge >= 0.3 is 0 Å². The Morgan fingerprint density at radius 2 is 1.93 bits per heavy atom. The third-order valence-electron chi connectivity index (χ3n) is 3.49. The molecule has 0 fully saturated rings. The van der Waals surface area contributed by atoms with Crippen LogP contribution in [0.15, 0.2) is 53.5 Å². The van der Waals surface area contributed by atoms with Gasteiger partial charge in [-0.15, -0.1) is 0 Å². The number of hydrogen-bond donors (Lipinski definition) is 3. The van der Waals surface area contributed by atoms with Crippen LogP contribution in [-0.4, -0.2) is 31.6 Å². The van der Waals surface area contributed by atoms with E-state index in [9.17, 15) is 4.79 Å². The van der Waals surface area contributed by atoms with Gasteiger partial charge in [0.05, 0.1) is 13.1 Å². The third kappa shape index (κ3) is 8.00. The van der Waals surface area contributed by atoms with Crippen LogP contribution < -0.4 is 20.7 Å². The van der Waals surface area contributed by atoms with E-state index < -0.39 is 0 Å². The van der Waals surface area contributed by atoms with Crippen LogP contribution in [0.1, 0.15) is 19.4 Å². The quantitative estimate of drug-likeness (QED) is 0.368. The fourth-order valence-corrected chi connectivity index (χ4v) is 2.43. The molecule has 0 aromatic heterocycles. The molecule has 0 spiro atoms. The van der Waals surface area contributed by atoms with E-state index in [1.54, 1.807) is 6.07 Å². The van der Waals surface area contributed by atoms with Crippen molar-refractivity contribution in [1.82, 2.24) is 10.6 Å². The number of benzene rings is 2. The lowest BCUT2D eigenvalue weighted by atomic mass is 10.2. The van der Waals surface area contributed by atoms with E-state index >= 15 is 0 Å². The standard InChI is InChI=1S/C20H25ClN4O2/c1-3-22-20(24-14-16-7-9-17(21)10-8-16)23-11-12-27-19-6-4-5-18(13-19)25-15(2)26/h4-10,13H,3,11-12,14H2,1-2H3,(H,25,26)(H2,22,23,24). The Morgan fingerprint density at radius 1 is 1.15 bits per heavy atom. The molecule has 0 aliphatic heterocycles. The van der Waals surface area contributed by atoms with Crippen molar-refractivity contribution in [1.29, 1.82) is 0 Å². The molecular formula is C20H25ClN4O2. The highest BCUT2D eigenvalue weighted by molar-refractivity contribution is 6.30. The molecule has 2 aromatic rings. The number of guanidine groups is 1. The van der Waals surface area contributed by atoms with E-state index in [-0.39, 0.29) is 5.91 Å². The fraction of sp³-hybridized carbons (Fsp3) is 0.300. The minimum atomic E-state index is -0.110. The molecule has 0 atom stereocenters. The summed E-state index contributed by atoms with van der Waals surface area (Å²) in [6.45, 7) is 5.89. The van der Waals surface area contributed by atoms with Crippen molar-refractivity contribution in [2.75, 3.05) is 25.0 Å². The molecule has 2 aromatic carbocycles. The minimum absolute atomic E-state index is 0.110. The molecule has 6 nitrogen and oxygen atoms in total. The summed E-state index contributed by atoms with van der Waals surface area (Å²) in [6.07, 6.45) is 0. The van der Waals surface area contributed by atoms with E-state index in [4.69, 9.17) is 16.3 Å². The number of halogens is 1. The number of ether oxygens (including phenoxy) is 1. The Labute approximate surface area is 165 Å². The van der Waals surface area contributed by atoms with Gasteiger partial charge in [0.1, 0.15) is 12.4 Å². The van der Waals surface area contributed by atoms with Crippen LogP contribution in [0, 0.1) is 0 Å². The fourth-order valence-electron chi connectivity index (χ4n) is 2.31. The van der Waals surface area contributed by atoms with Crippen molar-refractivity contribution >= 4 is 29.2 Å². The average Bonchev–Trinajstić information content (AvgIpc) is 2.64. The zero-order valence-electron chi connectivity index (χ0n) is 15.6. The predicted molar refractivity (Wildman–Crippen MR) is 111 cm³/mol. The van der Waals surface area contributed by atoms with Crippen LogP contribution in [-0.2, 0) is 11.3 Å². The third-order valence-corrected chi connectivity index (χ3v) is 3.75. The van der Waals surface area contributed by atoms with Crippen molar-refractivity contribution < 1.29 is 9.53 Å². The molecule has 0 unspecified atom stereocenters. The van der Waals surface area contributed by atoms with Gasteiger partial charge in [0, 0.05) is 30.2 Å². The van der Waals surface area contributed by atoms with Gasteiger partial charge < -0.3 is 20.7 Å². The number of carbonyl (C=O) groups excluding carboxylic acids is 1. The first-order valence-electron chi connectivity index (χ1n) is 8.84. The van der Waals surface area contributed by atoms with E-state index in [2.05, 4.69) is 20.9 Å². The lowest BCUT2D eigenvalue weighted by molar-refractivity contribution is -0.114. The van der Waals surface area contributed by atoms with E-state index in [1.165, 1.54) is 6.92 Å². The Morgan fingerprint density at radius 3 is 2.63 bits per heavy atom. The normalized spacial score (nSPS) is 11.0. The van der Waals surface area contributed by atoms with Gasteiger partial charge in [-0.25, -0.2) is 4.99 Å². The second-order valence-electron chi connectivity index (χ2n) is 5.81. The largest absolute Gasteiger partial charge is 0.492 e. The zero-order valence-corrected chi connectivity index (χ0v) is 16.3. The lowest BCUT2D eigenvalue weighted by Crippen LogP contribution is -2.39. The molecule has 0 aliphatic carbocycles. The van der Waals surface area contributed by atoms with Crippen LogP contribution in [0.2, 0.25) is 5.02 Å². The highest BCUT2D eigenvalue weighted by Crippen LogP contribution is 2.17. The van der Waals surface area contributed by atoms with Gasteiger partial charge in [-0.1, -0.05) is 29.8 Å². The molecule has 0 aliphatic rings. The molecule has 144 valence electrons. The number of anilines is 1. The highest BCUT2D eigenvalue weighted by atomic mass is 35.5. The van der Waals surface area contributed by atoms with E-state index in [0.29, 0.717) is 36.2 Å². The van der Waals surface area contributed by atoms with Crippen LogP contribution >= 0.6 is 11.6 Å². The molecule has 1 amide bonds. The van der Waals surface area contributed by atoms with Gasteiger partial charge in [0.2, 0.25) is 5.91 Å². The van der Waals surface area contributed by atoms with Crippen LogP contribution in [0.5, 0.6) is 5.75 Å². The number of nitrogens with zero attached hydrogens (tertiary/aromatic N) is 1. The summed E-state index contributed by atoms with van der Waals surface area (Å²) in [7, 11) is 0. The second-order valence-corrected chi connectivity index (χ2v) is 6.24. The SMILES string of the molecule is CCNC(=NCc1ccc(Cl)cc1)NCCOc1cccc(NC(C)=O)c1. The van der Waals surface area contributed by atoms with Crippen LogP contribution in [0.4, 0.5) is 5.69 Å². The Kier molecular flexibility index (Phi) is 8.45. The minimum Gasteiger partial charge on any atom is -0.492 e. The first-order chi connectivity index (χ1) is 13.1. The van der Waals surface area contributed by atoms with Gasteiger partial charge in [0.25, 0.3) is 0 Å². The Balaban J connectivity index is 1.81. The Bertz CT molecular complexity index is 763. The number of nitrogens with one attached hydrogen (secondary N) is 3. The predicted octanol–water partition coefficient (Wildman–Crippen LogP) is 3.43. The average molecular weight is 389 g/mol. The van der Waals surface area contributed by atoms with E-state index in [0.717, 1.165) is 18.1 Å². The topological polar surface area (TPSA) is 74.8 Å². The maximum absolute atomic E-state index is 11.1. The molecule has 7 heteroatoms. The summed E-state index contributed by atoms with van der Waals surface area (Å²) in [5.74, 6) is 1.31. The lowest BCUT2D eigenvalue weighted by Gasteiger charge is -2.12. The van der Waals surface area contributed by atoms with Crippen molar-refractivity contribution in [3.05, 3.63) is 59.1 Å². The summed E-state index contributed by atoms with van der Waals surface area (Å²) >= 11 is 5.90. The van der Waals surface area contributed by atoms with Crippen molar-refractivity contribution in [3.63, 3.8) is 0 Å². The molecule has 0 heterocycles. The van der Waals surface area contributed by atoms with Gasteiger partial charge in [-0.2, -0.15) is 0 Å². The maximum Gasteiger partial charge on any atom is 0.221 e. The second kappa shape index (κ2) is 11.1. The molecular weight excluding hydrogens is 364 g/mol. The summed E-state index contributed by atoms with van der Waals surface area (Å²) in [5.41, 5.74) is 1.80. The van der Waals surface area contributed by atoms with Gasteiger partial charge in [-0.05, 0) is 36.8 Å². The smallest absolute Gasteiger partial charge is 0.221 e. The van der Waals surface area contributed by atoms with Crippen LogP contribution in [0.3, 0.4) is 0 Å². The van der Waals surface area contributed by atoms with Crippen LogP contribution in [0.25, 0.3) is 0 Å². The molecule has 3 N–H and O–H groups in total. The maximum atomic E-state index is 11.1. The van der Waals surface area contributed by atoms with E-state index in [1.807, 2.05) is 49.4 Å². The highest BCUT2D eigenvalue weighted by Gasteiger charge is 2.01. The van der Waals surface area contributed by atoms with Crippen molar-refractivity contribution in [2.24, 2.45) is 4.99 Å². The molecule has 27 heavy (non-hydrogen) atoms. The van der Waals surface area contributed by atoms with Crippen molar-refractivity contribution in [3.8, 4) is 5.75 Å². The first kappa shape index (κ1) is 20.6. The zero-order chi connectivity index (χ0) is 19.5. The number of rotatable bonds is 8. The molecule has 2 rings (SSSR count). The molecule has 0 saturated carbocycles. The number of amides is 1. The Hall–Kier alpha value is -2.73.